The van der Waals surface area contributed by atoms with Crippen molar-refractivity contribution in [2.24, 2.45) is 0 Å². The van der Waals surface area contributed by atoms with Gasteiger partial charge in [-0.05, 0) is 23.3 Å². The second kappa shape index (κ2) is 10.8. The van der Waals surface area contributed by atoms with Gasteiger partial charge in [0.15, 0.2) is 0 Å². The largest absolute Gasteiger partial charge is 0.379 e. The van der Waals surface area contributed by atoms with E-state index in [4.69, 9.17) is 4.74 Å². The van der Waals surface area contributed by atoms with Crippen molar-refractivity contribution in [1.82, 2.24) is 15.1 Å². The first-order chi connectivity index (χ1) is 14.5. The van der Waals surface area contributed by atoms with Gasteiger partial charge in [-0.3, -0.25) is 14.5 Å². The number of hydrogen-bond acceptors (Lipinski definition) is 4. The fourth-order valence-corrected chi connectivity index (χ4v) is 3.54. The van der Waals surface area contributed by atoms with Gasteiger partial charge in [-0.1, -0.05) is 42.5 Å². The zero-order valence-electron chi connectivity index (χ0n) is 17.2. The van der Waals surface area contributed by atoms with E-state index < -0.39 is 6.04 Å². The lowest BCUT2D eigenvalue weighted by Gasteiger charge is -2.31. The molecule has 0 spiro atoms. The van der Waals surface area contributed by atoms with Crippen molar-refractivity contribution in [3.8, 4) is 0 Å². The molecule has 1 aliphatic rings. The van der Waals surface area contributed by atoms with E-state index in [2.05, 4.69) is 10.2 Å². The number of halogens is 1. The number of rotatable bonds is 8. The van der Waals surface area contributed by atoms with Crippen molar-refractivity contribution in [3.05, 3.63) is 71.5 Å². The molecule has 2 amide bonds. The molecule has 30 heavy (non-hydrogen) atoms. The van der Waals surface area contributed by atoms with E-state index in [1.807, 2.05) is 30.3 Å². The highest BCUT2D eigenvalue weighted by atomic mass is 19.1. The summed E-state index contributed by atoms with van der Waals surface area (Å²) < 4.78 is 18.6. The lowest BCUT2D eigenvalue weighted by atomic mass is 10.0. The number of carbonyl (C=O) groups is 2. The molecule has 0 bridgehead atoms. The number of carbonyl (C=O) groups excluding carboxylic acids is 2. The molecule has 1 heterocycles. The maximum Gasteiger partial charge on any atom is 0.247 e. The predicted octanol–water partition coefficient (Wildman–Crippen LogP) is 2.36. The Hall–Kier alpha value is -2.77. The molecule has 7 heteroatoms. The first-order valence-corrected chi connectivity index (χ1v) is 10.2. The molecule has 6 nitrogen and oxygen atoms in total. The molecule has 0 unspecified atom stereocenters. The fraction of sp³-hybridized carbons (Fsp3) is 0.391. The minimum absolute atomic E-state index is 0.214. The van der Waals surface area contributed by atoms with Gasteiger partial charge in [0, 0.05) is 39.6 Å². The van der Waals surface area contributed by atoms with Crippen LogP contribution in [0.3, 0.4) is 0 Å². The molecule has 0 aromatic heterocycles. The summed E-state index contributed by atoms with van der Waals surface area (Å²) in [5.41, 5.74) is 1.49. The van der Waals surface area contributed by atoms with Crippen LogP contribution >= 0.6 is 0 Å². The fourth-order valence-electron chi connectivity index (χ4n) is 3.54. The molecule has 0 aliphatic carbocycles. The Morgan fingerprint density at radius 2 is 1.77 bits per heavy atom. The summed E-state index contributed by atoms with van der Waals surface area (Å²) in [6.07, 6.45) is 0. The molecule has 1 aliphatic heterocycles. The van der Waals surface area contributed by atoms with Gasteiger partial charge in [-0.15, -0.1) is 0 Å². The number of benzene rings is 2. The van der Waals surface area contributed by atoms with E-state index in [1.165, 1.54) is 24.0 Å². The number of nitrogens with one attached hydrogen (secondary N) is 1. The molecular weight excluding hydrogens is 385 g/mol. The molecule has 3 rings (SSSR count). The normalized spacial score (nSPS) is 15.4. The molecule has 0 saturated carbocycles. The summed E-state index contributed by atoms with van der Waals surface area (Å²) >= 11 is 0. The molecule has 1 N–H and O–H groups in total. The highest BCUT2D eigenvalue weighted by Crippen LogP contribution is 2.24. The Kier molecular flexibility index (Phi) is 7.93. The third-order valence-electron chi connectivity index (χ3n) is 5.18. The number of morpholine rings is 1. The highest BCUT2D eigenvalue weighted by molar-refractivity contribution is 5.88. The standard InChI is InChI=1S/C23H28FN3O3/c1-18(28)27(17-19-7-9-21(24)10-8-19)22(20-5-3-2-4-6-20)23(29)25-11-12-26-13-15-30-16-14-26/h2-10,22H,11-17H2,1H3,(H,25,29)/t22-/m1/s1. The Morgan fingerprint density at radius 3 is 2.40 bits per heavy atom. The zero-order valence-corrected chi connectivity index (χ0v) is 17.2. The van der Waals surface area contributed by atoms with Gasteiger partial charge >= 0.3 is 0 Å². The van der Waals surface area contributed by atoms with E-state index in [0.717, 1.165) is 30.8 Å². The molecule has 1 fully saturated rings. The van der Waals surface area contributed by atoms with Gasteiger partial charge in [-0.25, -0.2) is 4.39 Å². The maximum absolute atomic E-state index is 13.3. The van der Waals surface area contributed by atoms with Crippen molar-refractivity contribution < 1.29 is 18.7 Å². The van der Waals surface area contributed by atoms with Gasteiger partial charge < -0.3 is 15.0 Å². The average Bonchev–Trinajstić information content (AvgIpc) is 2.76. The third-order valence-corrected chi connectivity index (χ3v) is 5.18. The van der Waals surface area contributed by atoms with Crippen LogP contribution in [0.25, 0.3) is 0 Å². The first kappa shape index (κ1) is 21.9. The highest BCUT2D eigenvalue weighted by Gasteiger charge is 2.29. The summed E-state index contributed by atoms with van der Waals surface area (Å²) in [5, 5.41) is 2.98. The lowest BCUT2D eigenvalue weighted by molar-refractivity contribution is -0.140. The van der Waals surface area contributed by atoms with Crippen LogP contribution in [0.2, 0.25) is 0 Å². The van der Waals surface area contributed by atoms with Crippen molar-refractivity contribution in [3.63, 3.8) is 0 Å². The predicted molar refractivity (Wildman–Crippen MR) is 112 cm³/mol. The van der Waals surface area contributed by atoms with E-state index in [9.17, 15) is 14.0 Å². The maximum atomic E-state index is 13.3. The monoisotopic (exact) mass is 413 g/mol. The number of hydrogen-bond donors (Lipinski definition) is 1. The van der Waals surface area contributed by atoms with Crippen LogP contribution in [0.4, 0.5) is 4.39 Å². The number of ether oxygens (including phenoxy) is 1. The molecule has 2 aromatic rings. The lowest BCUT2D eigenvalue weighted by Crippen LogP contribution is -2.45. The van der Waals surface area contributed by atoms with Gasteiger partial charge in [0.25, 0.3) is 0 Å². The van der Waals surface area contributed by atoms with E-state index >= 15 is 0 Å². The average molecular weight is 413 g/mol. The van der Waals surface area contributed by atoms with Gasteiger partial charge in [-0.2, -0.15) is 0 Å². The van der Waals surface area contributed by atoms with Crippen LogP contribution < -0.4 is 5.32 Å². The third kappa shape index (κ3) is 6.11. The van der Waals surface area contributed by atoms with Crippen LogP contribution in [0.15, 0.2) is 54.6 Å². The summed E-state index contributed by atoms with van der Waals surface area (Å²) in [4.78, 5) is 29.4. The first-order valence-electron chi connectivity index (χ1n) is 10.2. The minimum atomic E-state index is -0.765. The van der Waals surface area contributed by atoms with Crippen molar-refractivity contribution in [1.29, 1.82) is 0 Å². The van der Waals surface area contributed by atoms with Crippen LogP contribution in [0.5, 0.6) is 0 Å². The Morgan fingerprint density at radius 1 is 1.10 bits per heavy atom. The Bertz CT molecular complexity index is 823. The SMILES string of the molecule is CC(=O)N(Cc1ccc(F)cc1)[C@@H](C(=O)NCCN1CCOCC1)c1ccccc1. The molecule has 2 aromatic carbocycles. The van der Waals surface area contributed by atoms with Crippen LogP contribution in [-0.4, -0.2) is 61.0 Å². The quantitative estimate of drug-likeness (QED) is 0.722. The van der Waals surface area contributed by atoms with Gasteiger partial charge in [0.1, 0.15) is 11.9 Å². The molecule has 1 saturated heterocycles. The minimum Gasteiger partial charge on any atom is -0.379 e. The number of amides is 2. The topological polar surface area (TPSA) is 61.9 Å². The van der Waals surface area contributed by atoms with E-state index in [1.54, 1.807) is 12.1 Å². The molecular formula is C23H28FN3O3. The van der Waals surface area contributed by atoms with Crippen molar-refractivity contribution >= 4 is 11.8 Å². The Balaban J connectivity index is 1.74. The Labute approximate surface area is 176 Å². The number of nitrogens with zero attached hydrogens (tertiary/aromatic N) is 2. The molecule has 0 radical (unpaired) electrons. The van der Waals surface area contributed by atoms with Crippen molar-refractivity contribution in [2.75, 3.05) is 39.4 Å². The summed E-state index contributed by atoms with van der Waals surface area (Å²) in [5.74, 6) is -0.795. The van der Waals surface area contributed by atoms with Crippen LogP contribution in [-0.2, 0) is 20.9 Å². The molecule has 1 atom stereocenters. The van der Waals surface area contributed by atoms with E-state index in [0.29, 0.717) is 19.8 Å². The summed E-state index contributed by atoms with van der Waals surface area (Å²) in [6, 6.07) is 14.4. The van der Waals surface area contributed by atoms with Gasteiger partial charge in [0.05, 0.1) is 13.2 Å². The van der Waals surface area contributed by atoms with Crippen LogP contribution in [0.1, 0.15) is 24.1 Å². The smallest absolute Gasteiger partial charge is 0.247 e. The molecule has 160 valence electrons. The zero-order chi connectivity index (χ0) is 21.3. The van der Waals surface area contributed by atoms with Gasteiger partial charge in [0.2, 0.25) is 11.8 Å². The second-order valence-corrected chi connectivity index (χ2v) is 7.33. The van der Waals surface area contributed by atoms with E-state index in [-0.39, 0.29) is 24.2 Å². The van der Waals surface area contributed by atoms with Crippen molar-refractivity contribution in [2.45, 2.75) is 19.5 Å². The summed E-state index contributed by atoms with van der Waals surface area (Å²) in [6.45, 7) is 5.99. The summed E-state index contributed by atoms with van der Waals surface area (Å²) in [7, 11) is 0. The second-order valence-electron chi connectivity index (χ2n) is 7.33. The van der Waals surface area contributed by atoms with Crippen LogP contribution in [0, 0.1) is 5.82 Å².